The van der Waals surface area contributed by atoms with Gasteiger partial charge in [-0.2, -0.15) is 5.26 Å². The maximum atomic E-state index is 8.73. The van der Waals surface area contributed by atoms with Gasteiger partial charge in [-0.15, -0.1) is 0 Å². The normalized spacial score (nSPS) is 10.2. The van der Waals surface area contributed by atoms with Crippen LogP contribution in [0, 0.1) is 14.9 Å². The lowest BCUT2D eigenvalue weighted by molar-refractivity contribution is 0.362. The Morgan fingerprint density at radius 3 is 2.87 bits per heavy atom. The molecule has 1 aromatic carbocycles. The Labute approximate surface area is 103 Å². The number of nitriles is 1. The zero-order chi connectivity index (χ0) is 11.3. The summed E-state index contributed by atoms with van der Waals surface area (Å²) in [5, 5.41) is 8.73. The first-order valence-corrected chi connectivity index (χ1v) is 5.50. The van der Waals surface area contributed by atoms with E-state index < -0.39 is 0 Å². The molecule has 0 unspecified atom stereocenters. The molecule has 0 aliphatic carbocycles. The predicted octanol–water partition coefficient (Wildman–Crippen LogP) is 2.70. The fourth-order valence-electron chi connectivity index (χ4n) is 1.06. The third-order valence-corrected chi connectivity index (χ3v) is 2.56. The molecular formula is C11H11IN2O. The quantitative estimate of drug-likeness (QED) is 0.530. The highest BCUT2D eigenvalue weighted by atomic mass is 127. The number of nitrogens with two attached hydrogens (primary N) is 1. The van der Waals surface area contributed by atoms with E-state index in [-0.39, 0.29) is 0 Å². The number of rotatable bonds is 3. The van der Waals surface area contributed by atoms with Crippen molar-refractivity contribution in [3.8, 4) is 11.8 Å². The van der Waals surface area contributed by atoms with E-state index >= 15 is 0 Å². The van der Waals surface area contributed by atoms with Crippen molar-refractivity contribution in [3.63, 3.8) is 0 Å². The number of nitrogen functional groups attached to an aromatic ring is 1. The van der Waals surface area contributed by atoms with E-state index in [1.165, 1.54) is 0 Å². The Bertz CT molecular complexity index is 398. The van der Waals surface area contributed by atoms with Gasteiger partial charge >= 0.3 is 0 Å². The summed E-state index contributed by atoms with van der Waals surface area (Å²) in [7, 11) is 0. The summed E-state index contributed by atoms with van der Waals surface area (Å²) in [6, 6.07) is 5.42. The van der Waals surface area contributed by atoms with E-state index in [2.05, 4.69) is 22.6 Å². The molecule has 0 saturated carbocycles. The summed E-state index contributed by atoms with van der Waals surface area (Å²) in [6.07, 6.45) is 3.81. The Morgan fingerprint density at radius 1 is 1.60 bits per heavy atom. The maximum Gasteiger partial charge on any atom is 0.156 e. The van der Waals surface area contributed by atoms with E-state index in [1.54, 1.807) is 12.1 Å². The summed E-state index contributed by atoms with van der Waals surface area (Å²) in [5.41, 5.74) is 6.83. The van der Waals surface area contributed by atoms with Gasteiger partial charge in [0.2, 0.25) is 0 Å². The second-order valence-electron chi connectivity index (χ2n) is 2.87. The van der Waals surface area contributed by atoms with Crippen molar-refractivity contribution in [1.82, 2.24) is 0 Å². The Hall–Kier alpha value is -1.22. The zero-order valence-corrected chi connectivity index (χ0v) is 10.5. The molecule has 1 rings (SSSR count). The number of benzene rings is 1. The van der Waals surface area contributed by atoms with Gasteiger partial charge in [0, 0.05) is 0 Å². The number of hydrogen-bond acceptors (Lipinski definition) is 3. The van der Waals surface area contributed by atoms with Crippen molar-refractivity contribution in [2.24, 2.45) is 0 Å². The van der Waals surface area contributed by atoms with Crippen molar-refractivity contribution in [2.45, 2.75) is 6.92 Å². The molecule has 0 aromatic heterocycles. The first kappa shape index (κ1) is 11.9. The van der Waals surface area contributed by atoms with Gasteiger partial charge in [0.25, 0.3) is 0 Å². The molecule has 4 heteroatoms. The topological polar surface area (TPSA) is 59.0 Å². The van der Waals surface area contributed by atoms with E-state index in [9.17, 15) is 0 Å². The van der Waals surface area contributed by atoms with Crippen molar-refractivity contribution >= 4 is 28.3 Å². The molecule has 15 heavy (non-hydrogen) atoms. The lowest BCUT2D eigenvalue weighted by Gasteiger charge is -2.09. The van der Waals surface area contributed by atoms with Crippen LogP contribution in [0.25, 0.3) is 0 Å². The molecule has 0 atom stereocenters. The fraction of sp³-hybridized carbons (Fsp3) is 0.182. The van der Waals surface area contributed by atoms with Crippen molar-refractivity contribution < 1.29 is 4.74 Å². The summed E-state index contributed by atoms with van der Waals surface area (Å²) in [6.45, 7) is 2.42. The third kappa shape index (κ3) is 3.13. The molecular weight excluding hydrogens is 303 g/mol. The van der Waals surface area contributed by atoms with E-state index in [0.29, 0.717) is 23.6 Å². The van der Waals surface area contributed by atoms with E-state index in [4.69, 9.17) is 15.7 Å². The molecule has 78 valence electrons. The molecule has 0 amide bonds. The first-order valence-electron chi connectivity index (χ1n) is 4.42. The number of allylic oxidation sites excluding steroid dienone is 1. The van der Waals surface area contributed by atoms with Crippen LogP contribution < -0.4 is 10.5 Å². The highest BCUT2D eigenvalue weighted by Gasteiger charge is 2.07. The van der Waals surface area contributed by atoms with Crippen LogP contribution in [0.5, 0.6) is 5.75 Å². The molecule has 0 radical (unpaired) electrons. The van der Waals surface area contributed by atoms with Gasteiger partial charge in [0.15, 0.2) is 5.75 Å². The summed E-state index contributed by atoms with van der Waals surface area (Å²) >= 11 is 2.11. The number of nitrogens with zero attached hydrogens (tertiary/aromatic N) is 1. The van der Waals surface area contributed by atoms with Gasteiger partial charge in [0.05, 0.1) is 20.9 Å². The van der Waals surface area contributed by atoms with Crippen LogP contribution in [0.4, 0.5) is 5.69 Å². The van der Waals surface area contributed by atoms with Crippen LogP contribution in [-0.2, 0) is 0 Å². The van der Waals surface area contributed by atoms with Crippen LogP contribution in [0.15, 0.2) is 24.3 Å². The fourth-order valence-corrected chi connectivity index (χ4v) is 1.86. The van der Waals surface area contributed by atoms with Gasteiger partial charge in [-0.05, 0) is 41.6 Å². The smallest absolute Gasteiger partial charge is 0.156 e. The van der Waals surface area contributed by atoms with Crippen LogP contribution in [0.2, 0.25) is 0 Å². The monoisotopic (exact) mass is 314 g/mol. The van der Waals surface area contributed by atoms with E-state index in [0.717, 1.165) is 3.57 Å². The van der Waals surface area contributed by atoms with Crippen LogP contribution in [-0.4, -0.2) is 6.61 Å². The highest BCUT2D eigenvalue weighted by Crippen LogP contribution is 2.29. The van der Waals surface area contributed by atoms with Gasteiger partial charge in [-0.3, -0.25) is 0 Å². The predicted molar refractivity (Wildman–Crippen MR) is 68.6 cm³/mol. The zero-order valence-electron chi connectivity index (χ0n) is 8.33. The van der Waals surface area contributed by atoms with Crippen molar-refractivity contribution in [3.05, 3.63) is 33.4 Å². The minimum atomic E-state index is 0.489. The average molecular weight is 314 g/mol. The lowest BCUT2D eigenvalue weighted by Crippen LogP contribution is -2.00. The lowest BCUT2D eigenvalue weighted by atomic mass is 10.2. The largest absolute Gasteiger partial charge is 0.486 e. The SMILES string of the molecule is C/C=C/COc1c(N)cc(C#N)cc1I. The van der Waals surface area contributed by atoms with Crippen LogP contribution in [0.1, 0.15) is 12.5 Å². The summed E-state index contributed by atoms with van der Waals surface area (Å²) < 4.78 is 6.33. The molecule has 0 heterocycles. The molecule has 1 aromatic rings. The number of hydrogen-bond donors (Lipinski definition) is 1. The van der Waals surface area contributed by atoms with Gasteiger partial charge in [-0.1, -0.05) is 12.2 Å². The van der Waals surface area contributed by atoms with Crippen LogP contribution >= 0.6 is 22.6 Å². The maximum absolute atomic E-state index is 8.73. The van der Waals surface area contributed by atoms with Gasteiger partial charge in [-0.25, -0.2) is 0 Å². The highest BCUT2D eigenvalue weighted by molar-refractivity contribution is 14.1. The second kappa shape index (κ2) is 5.61. The molecule has 0 aliphatic heterocycles. The molecule has 0 bridgehead atoms. The molecule has 3 nitrogen and oxygen atoms in total. The van der Waals surface area contributed by atoms with Gasteiger partial charge in [0.1, 0.15) is 6.61 Å². The molecule has 0 fully saturated rings. The Morgan fingerprint density at radius 2 is 2.33 bits per heavy atom. The summed E-state index contributed by atoms with van der Waals surface area (Å²) in [4.78, 5) is 0. The molecule has 0 spiro atoms. The van der Waals surface area contributed by atoms with E-state index in [1.807, 2.05) is 25.1 Å². The average Bonchev–Trinajstić information content (AvgIpc) is 2.22. The minimum Gasteiger partial charge on any atom is -0.486 e. The standard InChI is InChI=1S/C11H11IN2O/c1-2-3-4-15-11-9(12)5-8(7-13)6-10(11)14/h2-3,5-6H,4,14H2,1H3/b3-2+. The van der Waals surface area contributed by atoms with Crippen molar-refractivity contribution in [1.29, 1.82) is 5.26 Å². The number of halogens is 1. The number of anilines is 1. The van der Waals surface area contributed by atoms with Gasteiger partial charge < -0.3 is 10.5 Å². The Balaban J connectivity index is 2.94. The van der Waals surface area contributed by atoms with Crippen molar-refractivity contribution in [2.75, 3.05) is 12.3 Å². The second-order valence-corrected chi connectivity index (χ2v) is 4.03. The van der Waals surface area contributed by atoms with Crippen LogP contribution in [0.3, 0.4) is 0 Å². The first-order chi connectivity index (χ1) is 7.19. The molecule has 0 aliphatic rings. The molecule has 2 N–H and O–H groups in total. The molecule has 0 saturated heterocycles. The minimum absolute atomic E-state index is 0.489. The summed E-state index contributed by atoms with van der Waals surface area (Å²) in [5.74, 6) is 0.646. The third-order valence-electron chi connectivity index (χ3n) is 1.76. The Kier molecular flexibility index (Phi) is 4.43. The number of ether oxygens (including phenoxy) is 1.